The Labute approximate surface area is 201 Å². The molecular formula is C26H25BrN4O2. The second-order valence-electron chi connectivity index (χ2n) is 8.10. The minimum atomic E-state index is -0.240. The zero-order chi connectivity index (χ0) is 23.5. The summed E-state index contributed by atoms with van der Waals surface area (Å²) in [4.78, 5) is 14.2. The number of anilines is 1. The van der Waals surface area contributed by atoms with Crippen molar-refractivity contribution in [2.75, 3.05) is 12.4 Å². The van der Waals surface area contributed by atoms with Crippen LogP contribution in [-0.4, -0.2) is 28.0 Å². The molecule has 33 heavy (non-hydrogen) atoms. The second kappa shape index (κ2) is 9.58. The first-order valence-corrected chi connectivity index (χ1v) is 11.4. The number of fused-ring (bicyclic) bond motifs is 1. The highest BCUT2D eigenvalue weighted by Crippen LogP contribution is 2.25. The monoisotopic (exact) mass is 504 g/mol. The van der Waals surface area contributed by atoms with E-state index in [1.807, 2.05) is 49.4 Å². The van der Waals surface area contributed by atoms with Gasteiger partial charge in [0.05, 0.1) is 12.8 Å². The number of amides is 1. The fraction of sp³-hybridized carbons (Fsp3) is 0.192. The van der Waals surface area contributed by atoms with Crippen LogP contribution in [0.2, 0.25) is 0 Å². The van der Waals surface area contributed by atoms with E-state index in [1.54, 1.807) is 18.0 Å². The molecule has 0 bridgehead atoms. The van der Waals surface area contributed by atoms with Crippen molar-refractivity contribution >= 4 is 44.6 Å². The topological polar surface area (TPSA) is 69.0 Å². The van der Waals surface area contributed by atoms with Gasteiger partial charge in [-0.15, -0.1) is 10.2 Å². The molecular weight excluding hydrogens is 480 g/mol. The van der Waals surface area contributed by atoms with Crippen molar-refractivity contribution in [3.05, 3.63) is 81.8 Å². The van der Waals surface area contributed by atoms with E-state index in [4.69, 9.17) is 4.74 Å². The van der Waals surface area contributed by atoms with Crippen molar-refractivity contribution in [1.82, 2.24) is 15.0 Å². The molecule has 0 aliphatic rings. The third-order valence-corrected chi connectivity index (χ3v) is 5.87. The Morgan fingerprint density at radius 1 is 1.06 bits per heavy atom. The molecule has 1 N–H and O–H groups in total. The van der Waals surface area contributed by atoms with Gasteiger partial charge >= 0.3 is 0 Å². The van der Waals surface area contributed by atoms with Crippen LogP contribution in [0.15, 0.2) is 65.1 Å². The smallest absolute Gasteiger partial charge is 0.248 e. The Morgan fingerprint density at radius 2 is 1.76 bits per heavy atom. The maximum Gasteiger partial charge on any atom is 0.248 e. The number of carbonyl (C=O) groups excluding carboxylic acids is 1. The van der Waals surface area contributed by atoms with E-state index in [1.165, 1.54) is 11.6 Å². The summed E-state index contributed by atoms with van der Waals surface area (Å²) in [5.41, 5.74) is 6.05. The molecule has 0 spiro atoms. The third kappa shape index (κ3) is 5.14. The van der Waals surface area contributed by atoms with Crippen molar-refractivity contribution in [3.63, 3.8) is 0 Å². The fourth-order valence-electron chi connectivity index (χ4n) is 3.49. The SMILES string of the molecule is COc1ccc(Br)cc1/C=C/C(=O)Nc1cc2nn(-c3ccc(C(C)C)cc3)nc2cc1C. The number of carbonyl (C=O) groups is 1. The van der Waals surface area contributed by atoms with Crippen molar-refractivity contribution < 1.29 is 9.53 Å². The van der Waals surface area contributed by atoms with Crippen molar-refractivity contribution in [3.8, 4) is 11.4 Å². The average Bonchev–Trinajstić information content (AvgIpc) is 3.20. The number of aromatic nitrogens is 3. The number of hydrogen-bond donors (Lipinski definition) is 1. The number of aryl methyl sites for hydroxylation is 1. The molecule has 0 aliphatic carbocycles. The summed E-state index contributed by atoms with van der Waals surface area (Å²) in [7, 11) is 1.60. The first-order valence-electron chi connectivity index (χ1n) is 10.6. The predicted molar refractivity (Wildman–Crippen MR) is 136 cm³/mol. The number of hydrogen-bond acceptors (Lipinski definition) is 4. The zero-order valence-corrected chi connectivity index (χ0v) is 20.6. The Morgan fingerprint density at radius 3 is 2.42 bits per heavy atom. The first kappa shape index (κ1) is 22.7. The molecule has 7 heteroatoms. The van der Waals surface area contributed by atoms with Gasteiger partial charge in [0.25, 0.3) is 0 Å². The van der Waals surface area contributed by atoms with Crippen LogP contribution >= 0.6 is 15.9 Å². The number of benzene rings is 3. The highest BCUT2D eigenvalue weighted by atomic mass is 79.9. The maximum atomic E-state index is 12.6. The van der Waals surface area contributed by atoms with E-state index in [-0.39, 0.29) is 5.91 Å². The molecule has 0 radical (unpaired) electrons. The summed E-state index contributed by atoms with van der Waals surface area (Å²) in [6.07, 6.45) is 3.21. The van der Waals surface area contributed by atoms with Crippen LogP contribution in [0.5, 0.6) is 5.75 Å². The lowest BCUT2D eigenvalue weighted by atomic mass is 10.0. The average molecular weight is 505 g/mol. The highest BCUT2D eigenvalue weighted by Gasteiger charge is 2.11. The third-order valence-electron chi connectivity index (χ3n) is 5.38. The Hall–Kier alpha value is -3.45. The number of nitrogens with zero attached hydrogens (tertiary/aromatic N) is 3. The standard InChI is InChI=1S/C26H25BrN4O2/c1-16(2)18-5-9-21(10-6-18)31-29-23-13-17(3)22(15-24(23)30-31)28-26(32)12-7-19-14-20(27)8-11-25(19)33-4/h5-16H,1-4H3,(H,28,32)/b12-7+. The largest absolute Gasteiger partial charge is 0.496 e. The van der Waals surface area contributed by atoms with Gasteiger partial charge in [0.1, 0.15) is 16.8 Å². The molecule has 1 amide bonds. The molecule has 6 nitrogen and oxygen atoms in total. The van der Waals surface area contributed by atoms with Gasteiger partial charge in [0.15, 0.2) is 0 Å². The quantitative estimate of drug-likeness (QED) is 0.314. The normalized spacial score (nSPS) is 11.5. The number of halogens is 1. The molecule has 0 saturated heterocycles. The minimum Gasteiger partial charge on any atom is -0.496 e. The van der Waals surface area contributed by atoms with Crippen LogP contribution in [0.25, 0.3) is 22.8 Å². The highest BCUT2D eigenvalue weighted by molar-refractivity contribution is 9.10. The molecule has 4 aromatic rings. The maximum absolute atomic E-state index is 12.6. The number of ether oxygens (including phenoxy) is 1. The molecule has 0 fully saturated rings. The van der Waals surface area contributed by atoms with E-state index >= 15 is 0 Å². The molecule has 168 valence electrons. The minimum absolute atomic E-state index is 0.240. The molecule has 1 aromatic heterocycles. The van der Waals surface area contributed by atoms with Crippen molar-refractivity contribution in [1.29, 1.82) is 0 Å². The van der Waals surface area contributed by atoms with Gasteiger partial charge in [0.2, 0.25) is 5.91 Å². The van der Waals surface area contributed by atoms with Gasteiger partial charge in [-0.05, 0) is 72.5 Å². The fourth-order valence-corrected chi connectivity index (χ4v) is 3.86. The first-order chi connectivity index (χ1) is 15.8. The molecule has 3 aromatic carbocycles. The van der Waals surface area contributed by atoms with Crippen LogP contribution in [0, 0.1) is 6.92 Å². The lowest BCUT2D eigenvalue weighted by molar-refractivity contribution is -0.111. The Balaban J connectivity index is 1.55. The number of methoxy groups -OCH3 is 1. The van der Waals surface area contributed by atoms with Crippen LogP contribution in [-0.2, 0) is 4.79 Å². The Bertz CT molecular complexity index is 1340. The molecule has 1 heterocycles. The number of rotatable bonds is 6. The zero-order valence-electron chi connectivity index (χ0n) is 19.0. The van der Waals surface area contributed by atoms with Crippen LogP contribution in [0.3, 0.4) is 0 Å². The Kier molecular flexibility index (Phi) is 6.60. The van der Waals surface area contributed by atoms with Crippen molar-refractivity contribution in [2.24, 2.45) is 0 Å². The molecule has 0 atom stereocenters. The van der Waals surface area contributed by atoms with Crippen LogP contribution in [0.1, 0.15) is 36.5 Å². The summed E-state index contributed by atoms with van der Waals surface area (Å²) in [6, 6.07) is 17.6. The molecule has 4 rings (SSSR count). The summed E-state index contributed by atoms with van der Waals surface area (Å²) in [5, 5.41) is 12.1. The predicted octanol–water partition coefficient (Wildman–Crippen LogP) is 6.28. The molecule has 0 aliphatic heterocycles. The van der Waals surface area contributed by atoms with E-state index in [0.717, 1.165) is 26.8 Å². The molecule has 0 saturated carbocycles. The van der Waals surface area contributed by atoms with Gasteiger partial charge in [-0.25, -0.2) is 0 Å². The summed E-state index contributed by atoms with van der Waals surface area (Å²) in [6.45, 7) is 6.27. The summed E-state index contributed by atoms with van der Waals surface area (Å²) >= 11 is 3.44. The summed E-state index contributed by atoms with van der Waals surface area (Å²) < 4.78 is 6.26. The summed E-state index contributed by atoms with van der Waals surface area (Å²) in [5.74, 6) is 0.921. The van der Waals surface area contributed by atoms with Gasteiger partial charge < -0.3 is 10.1 Å². The van der Waals surface area contributed by atoms with E-state index in [2.05, 4.69) is 57.4 Å². The van der Waals surface area contributed by atoms with E-state index in [0.29, 0.717) is 22.9 Å². The van der Waals surface area contributed by atoms with Crippen LogP contribution < -0.4 is 10.1 Å². The van der Waals surface area contributed by atoms with Crippen molar-refractivity contribution in [2.45, 2.75) is 26.7 Å². The number of nitrogens with one attached hydrogen (secondary N) is 1. The van der Waals surface area contributed by atoms with Gasteiger partial charge in [-0.3, -0.25) is 4.79 Å². The second-order valence-corrected chi connectivity index (χ2v) is 9.02. The molecule has 0 unspecified atom stereocenters. The van der Waals surface area contributed by atoms with Gasteiger partial charge in [-0.1, -0.05) is 41.9 Å². The lowest BCUT2D eigenvalue weighted by Crippen LogP contribution is -2.09. The van der Waals surface area contributed by atoms with E-state index in [9.17, 15) is 4.79 Å². The van der Waals surface area contributed by atoms with Crippen LogP contribution in [0.4, 0.5) is 5.69 Å². The lowest BCUT2D eigenvalue weighted by Gasteiger charge is -2.07. The van der Waals surface area contributed by atoms with Gasteiger partial charge in [0, 0.05) is 21.8 Å². The van der Waals surface area contributed by atoms with Gasteiger partial charge in [-0.2, -0.15) is 4.80 Å². The van der Waals surface area contributed by atoms with E-state index < -0.39 is 0 Å².